The van der Waals surface area contributed by atoms with Crippen LogP contribution < -0.4 is 0 Å². The van der Waals surface area contributed by atoms with Crippen LogP contribution >= 0.6 is 0 Å². The fourth-order valence-corrected chi connectivity index (χ4v) is 10.2. The van der Waals surface area contributed by atoms with Gasteiger partial charge in [-0.15, -0.1) is 47.2 Å². The van der Waals surface area contributed by atoms with E-state index in [4.69, 9.17) is 0 Å². The van der Waals surface area contributed by atoms with E-state index in [9.17, 15) is 0 Å². The molecule has 0 fully saturated rings. The number of likely N-dealkylation sites (N-methyl/N-ethyl adjacent to an activating group) is 3. The minimum atomic E-state index is 0. The average Bonchev–Trinajstić information content (AvgIpc) is 1.62. The minimum absolute atomic E-state index is 0. The Morgan fingerprint density at radius 2 is 0.637 bits per heavy atom. The molecule has 3 aromatic heterocycles. The van der Waals surface area contributed by atoms with Gasteiger partial charge in [-0.2, -0.15) is 115 Å². The summed E-state index contributed by atoms with van der Waals surface area (Å²) in [6.07, 6.45) is 0. The van der Waals surface area contributed by atoms with Crippen LogP contribution in [-0.4, -0.2) is 88.8 Å². The van der Waals surface area contributed by atoms with Crippen molar-refractivity contribution < 1.29 is 98.1 Å². The van der Waals surface area contributed by atoms with Gasteiger partial charge in [0.2, 0.25) is 0 Å². The van der Waals surface area contributed by atoms with Gasteiger partial charge in [-0.1, -0.05) is 252 Å². The van der Waals surface area contributed by atoms with Crippen molar-refractivity contribution in [3.05, 3.63) is 218 Å². The van der Waals surface area contributed by atoms with E-state index in [0.717, 1.165) is 92.3 Å². The molecule has 0 aliphatic rings. The van der Waals surface area contributed by atoms with Crippen molar-refractivity contribution in [3.63, 3.8) is 0 Å². The van der Waals surface area contributed by atoms with E-state index in [-0.39, 0.29) is 98.1 Å². The predicted molar refractivity (Wildman–Crippen MR) is 453 cm³/mol. The molecule has 555 valence electrons. The molecule has 0 N–H and O–H groups in total. The Hall–Kier alpha value is -4.43. The zero-order chi connectivity index (χ0) is 75.7. The minimum Gasteiger partial charge on any atom is -0.379 e. The molecule has 0 aliphatic carbocycles. The number of aromatic nitrogens is 3. The number of benzene rings is 9. The monoisotopic (exact) mass is 1610 g/mol. The van der Waals surface area contributed by atoms with Crippen molar-refractivity contribution in [2.45, 2.75) is 207 Å². The Balaban J connectivity index is -0.000000291. The van der Waals surface area contributed by atoms with Crippen molar-refractivity contribution >= 4 is 65.4 Å². The standard InChI is InChI=1S/3C23H22N2.12C2H6.3Y/c1-3-24(2)16-17-25-21-14-8-7-12-20(21)23-19(13-9-15-22(23)25)18-10-5-4-6-11-18;2*1-3-24(2)15-16-25-22-12-8-7-11-20(22)21-17-19(13-14-23(21)25)18-9-5-4-6-10-18;12*1-2;;;/h4-10,12,14-15H,3,16-17H2,1-2H3;4-9,11-12,14,17H,3,15-16H2,1-2H3;4-9,11-14H,3,15-16H2,1-2H3;12*1-2H3;;;/q3*-2;;;;;;;;;;;;;;;. The summed E-state index contributed by atoms with van der Waals surface area (Å²) in [6.45, 7) is 63.9. The van der Waals surface area contributed by atoms with Gasteiger partial charge in [0.05, 0.1) is 0 Å². The number of hydrogen-bond donors (Lipinski definition) is 0. The van der Waals surface area contributed by atoms with Crippen LogP contribution in [-0.2, 0) is 118 Å². The molecule has 0 saturated carbocycles. The van der Waals surface area contributed by atoms with E-state index >= 15 is 0 Å². The number of rotatable bonds is 15. The van der Waals surface area contributed by atoms with Gasteiger partial charge in [-0.25, -0.2) is 27.8 Å². The zero-order valence-corrected chi connectivity index (χ0v) is 78.6. The smallest absolute Gasteiger partial charge is 0.0391 e. The van der Waals surface area contributed by atoms with Gasteiger partial charge >= 0.3 is 0 Å². The van der Waals surface area contributed by atoms with Crippen molar-refractivity contribution in [2.75, 3.05) is 60.4 Å². The zero-order valence-electron chi connectivity index (χ0n) is 70.1. The van der Waals surface area contributed by atoms with Crippen LogP contribution in [0.5, 0.6) is 0 Å². The predicted octanol–water partition coefficient (Wildman–Crippen LogP) is 27.3. The van der Waals surface area contributed by atoms with Crippen molar-refractivity contribution in [1.29, 1.82) is 0 Å². The van der Waals surface area contributed by atoms with Gasteiger partial charge in [-0.3, -0.25) is 0 Å². The Morgan fingerprint density at radius 3 is 1.06 bits per heavy atom. The van der Waals surface area contributed by atoms with E-state index in [0.29, 0.717) is 0 Å². The molecule has 9 heteroatoms. The van der Waals surface area contributed by atoms with Gasteiger partial charge in [-0.05, 0) is 86.3 Å². The second-order valence-corrected chi connectivity index (χ2v) is 19.4. The van der Waals surface area contributed by atoms with Gasteiger partial charge in [0, 0.05) is 154 Å². The third kappa shape index (κ3) is 32.7. The van der Waals surface area contributed by atoms with Gasteiger partial charge in [0.25, 0.3) is 0 Å². The van der Waals surface area contributed by atoms with Crippen LogP contribution in [0.4, 0.5) is 0 Å². The molecule has 12 rings (SSSR count). The maximum Gasteiger partial charge on any atom is 0.0391 e. The van der Waals surface area contributed by atoms with Gasteiger partial charge in [0.1, 0.15) is 0 Å². The quantitative estimate of drug-likeness (QED) is 0.0956. The molecule has 102 heavy (non-hydrogen) atoms. The molecule has 3 radical (unpaired) electrons. The summed E-state index contributed by atoms with van der Waals surface area (Å²) >= 11 is 0. The second-order valence-electron chi connectivity index (χ2n) is 19.4. The van der Waals surface area contributed by atoms with E-state index < -0.39 is 0 Å². The van der Waals surface area contributed by atoms with Crippen molar-refractivity contribution in [3.8, 4) is 33.4 Å². The van der Waals surface area contributed by atoms with Crippen LogP contribution in [0.25, 0.3) is 98.8 Å². The van der Waals surface area contributed by atoms with Crippen LogP contribution in [0.3, 0.4) is 0 Å². The molecule has 0 amide bonds. The van der Waals surface area contributed by atoms with Crippen molar-refractivity contribution in [2.24, 2.45) is 0 Å². The molecule has 0 unspecified atom stereocenters. The molecular weight excluding hydrogens is 1470 g/mol. The van der Waals surface area contributed by atoms with Crippen LogP contribution in [0.1, 0.15) is 187 Å². The summed E-state index contributed by atoms with van der Waals surface area (Å²) in [6, 6.07) is 83.9. The normalized spacial score (nSPS) is 9.26. The summed E-state index contributed by atoms with van der Waals surface area (Å²) < 4.78 is 7.29. The summed E-state index contributed by atoms with van der Waals surface area (Å²) in [5, 5.41) is 7.64. The fraction of sp³-hybridized carbons (Fsp3) is 0.419. The summed E-state index contributed by atoms with van der Waals surface area (Å²) in [5.74, 6) is 0. The third-order valence-electron chi connectivity index (χ3n) is 14.8. The van der Waals surface area contributed by atoms with E-state index in [1.807, 2.05) is 221 Å². The Labute approximate surface area is 703 Å². The van der Waals surface area contributed by atoms with Crippen LogP contribution in [0, 0.1) is 36.4 Å². The molecule has 0 saturated heterocycles. The largest absolute Gasteiger partial charge is 0.379 e. The average molecular weight is 1610 g/mol. The molecule has 12 aromatic rings. The van der Waals surface area contributed by atoms with Crippen LogP contribution in [0.15, 0.2) is 182 Å². The Bertz CT molecular complexity index is 3640. The van der Waals surface area contributed by atoms with Gasteiger partial charge in [0.15, 0.2) is 0 Å². The summed E-state index contributed by atoms with van der Waals surface area (Å²) in [4.78, 5) is 7.04. The molecule has 0 bridgehead atoms. The SMILES string of the molecule is CC.CC.CC.CC.CC.CC.CC.CC.CC.CC.CC.CC.CCN(C)CCn1c2c[c-]c(-c3[c-]cccc3)cc2c2ccccc21.CCN(C)CCn1c2ccc(-c3[c-]cccc3)[c-]c2c2ccccc21.CCN(C)CCn1c2ccccc2c2c(-c3[c-]cccc3)[c-]ccc21.[Y].[Y].[Y]. The Kier molecular flexibility index (Phi) is 74.1. The fourth-order valence-electron chi connectivity index (χ4n) is 10.2. The molecule has 0 spiro atoms. The molecule has 9 aromatic carbocycles. The van der Waals surface area contributed by atoms with Gasteiger partial charge < -0.3 is 28.4 Å². The first-order chi connectivity index (χ1) is 48.8. The van der Waals surface area contributed by atoms with E-state index in [1.54, 1.807) is 0 Å². The topological polar surface area (TPSA) is 24.5 Å². The molecule has 0 aliphatic heterocycles. The summed E-state index contributed by atoms with van der Waals surface area (Å²) in [7, 11) is 6.51. The first-order valence-electron chi connectivity index (χ1n) is 38.6. The molecule has 6 nitrogen and oxygen atoms in total. The molecule has 0 atom stereocenters. The number of para-hydroxylation sites is 3. The first-order valence-corrected chi connectivity index (χ1v) is 38.6. The number of nitrogens with zero attached hydrogens (tertiary/aromatic N) is 6. The van der Waals surface area contributed by atoms with E-state index in [1.165, 1.54) is 65.4 Å². The number of hydrogen-bond acceptors (Lipinski definition) is 3. The van der Waals surface area contributed by atoms with E-state index in [2.05, 4.69) is 234 Å². The maximum absolute atomic E-state index is 3.64. The number of fused-ring (bicyclic) bond motifs is 9. The molecule has 3 heterocycles. The Morgan fingerprint density at radius 1 is 0.284 bits per heavy atom. The maximum atomic E-state index is 3.64. The summed E-state index contributed by atoms with van der Waals surface area (Å²) in [5.41, 5.74) is 14.3. The molecular formula is C93H138N6Y3-6. The van der Waals surface area contributed by atoms with Crippen LogP contribution in [0.2, 0.25) is 0 Å². The first kappa shape index (κ1) is 109. The third-order valence-corrected chi connectivity index (χ3v) is 14.8. The van der Waals surface area contributed by atoms with Crippen molar-refractivity contribution in [1.82, 2.24) is 28.4 Å². The second kappa shape index (κ2) is 69.6.